The first-order chi connectivity index (χ1) is 10.1. The lowest BCUT2D eigenvalue weighted by molar-refractivity contribution is 0.467. The molecule has 3 rings (SSSR count). The molecule has 0 aliphatic carbocycles. The van der Waals surface area contributed by atoms with Crippen LogP contribution in [0.1, 0.15) is 24.4 Å². The molecule has 3 nitrogen and oxygen atoms in total. The molecule has 0 bridgehead atoms. The van der Waals surface area contributed by atoms with Gasteiger partial charge in [-0.15, -0.1) is 0 Å². The Labute approximate surface area is 132 Å². The highest BCUT2D eigenvalue weighted by molar-refractivity contribution is 6.35. The van der Waals surface area contributed by atoms with Gasteiger partial charge in [-0.05, 0) is 36.8 Å². The normalized spacial score (nSPS) is 12.7. The maximum atomic E-state index is 6.21. The second-order valence-electron chi connectivity index (χ2n) is 4.84. The summed E-state index contributed by atoms with van der Waals surface area (Å²) in [4.78, 5) is 4.43. The first-order valence-corrected chi connectivity index (χ1v) is 7.42. The second kappa shape index (κ2) is 6.06. The molecule has 0 saturated carbocycles. The van der Waals surface area contributed by atoms with Gasteiger partial charge in [0.25, 0.3) is 0 Å². The van der Waals surface area contributed by atoms with Crippen molar-refractivity contribution < 1.29 is 4.42 Å². The third-order valence-electron chi connectivity index (χ3n) is 3.33. The van der Waals surface area contributed by atoms with Gasteiger partial charge in [0.2, 0.25) is 5.89 Å². The van der Waals surface area contributed by atoms with Gasteiger partial charge in [0.1, 0.15) is 5.52 Å². The number of benzene rings is 2. The highest BCUT2D eigenvalue weighted by Crippen LogP contribution is 2.26. The summed E-state index contributed by atoms with van der Waals surface area (Å²) in [6, 6.07) is 13.3. The van der Waals surface area contributed by atoms with Gasteiger partial charge in [-0.1, -0.05) is 41.4 Å². The SMILES string of the molecule is C[C@H](NCc1nc2ccccc2o1)c1ccc(Cl)cc1Cl. The fourth-order valence-corrected chi connectivity index (χ4v) is 2.77. The molecular formula is C16H14Cl2N2O. The van der Waals surface area contributed by atoms with E-state index < -0.39 is 0 Å². The lowest BCUT2D eigenvalue weighted by Gasteiger charge is -2.14. The molecule has 1 atom stereocenters. The Bertz CT molecular complexity index is 737. The molecule has 1 N–H and O–H groups in total. The zero-order chi connectivity index (χ0) is 14.8. The van der Waals surface area contributed by atoms with Crippen molar-refractivity contribution in [3.05, 3.63) is 64.0 Å². The van der Waals surface area contributed by atoms with Gasteiger partial charge in [-0.3, -0.25) is 0 Å². The molecule has 1 heterocycles. The van der Waals surface area contributed by atoms with E-state index in [0.717, 1.165) is 16.7 Å². The Morgan fingerprint density at radius 2 is 2.00 bits per heavy atom. The molecule has 2 aromatic carbocycles. The van der Waals surface area contributed by atoms with Crippen molar-refractivity contribution in [3.63, 3.8) is 0 Å². The number of oxazole rings is 1. The standard InChI is InChI=1S/C16H14Cl2N2O/c1-10(12-7-6-11(17)8-13(12)18)19-9-16-20-14-4-2-3-5-15(14)21-16/h2-8,10,19H,9H2,1H3/t10-/m0/s1. The van der Waals surface area contributed by atoms with E-state index in [4.69, 9.17) is 27.6 Å². The monoisotopic (exact) mass is 320 g/mol. The van der Waals surface area contributed by atoms with E-state index in [0.29, 0.717) is 22.5 Å². The van der Waals surface area contributed by atoms with Crippen LogP contribution in [0.25, 0.3) is 11.1 Å². The molecule has 0 radical (unpaired) electrons. The zero-order valence-electron chi connectivity index (χ0n) is 11.4. The summed E-state index contributed by atoms with van der Waals surface area (Å²) in [5.74, 6) is 0.660. The van der Waals surface area contributed by atoms with Gasteiger partial charge in [0.15, 0.2) is 5.58 Å². The number of aromatic nitrogens is 1. The maximum absolute atomic E-state index is 6.21. The molecule has 0 fully saturated rings. The van der Waals surface area contributed by atoms with Crippen LogP contribution in [0.2, 0.25) is 10.0 Å². The molecule has 21 heavy (non-hydrogen) atoms. The number of nitrogens with zero attached hydrogens (tertiary/aromatic N) is 1. The molecule has 5 heteroatoms. The summed E-state index contributed by atoms with van der Waals surface area (Å²) in [7, 11) is 0. The van der Waals surface area contributed by atoms with Crippen molar-refractivity contribution in [2.45, 2.75) is 19.5 Å². The predicted molar refractivity (Wildman–Crippen MR) is 85.7 cm³/mol. The van der Waals surface area contributed by atoms with Crippen LogP contribution in [0.5, 0.6) is 0 Å². The van der Waals surface area contributed by atoms with Crippen molar-refractivity contribution >= 4 is 34.3 Å². The summed E-state index contributed by atoms with van der Waals surface area (Å²) < 4.78 is 5.68. The van der Waals surface area contributed by atoms with Gasteiger partial charge < -0.3 is 9.73 Å². The summed E-state index contributed by atoms with van der Waals surface area (Å²) >= 11 is 12.1. The number of nitrogens with one attached hydrogen (secondary N) is 1. The molecule has 3 aromatic rings. The summed E-state index contributed by atoms with van der Waals surface area (Å²) in [6.07, 6.45) is 0. The van der Waals surface area contributed by atoms with E-state index in [1.165, 1.54) is 0 Å². The Morgan fingerprint density at radius 3 is 2.76 bits per heavy atom. The lowest BCUT2D eigenvalue weighted by atomic mass is 10.1. The minimum Gasteiger partial charge on any atom is -0.439 e. The van der Waals surface area contributed by atoms with Gasteiger partial charge >= 0.3 is 0 Å². The predicted octanol–water partition coefficient (Wildman–Crippen LogP) is 4.99. The van der Waals surface area contributed by atoms with E-state index in [2.05, 4.69) is 10.3 Å². The average molecular weight is 321 g/mol. The van der Waals surface area contributed by atoms with Crippen LogP contribution < -0.4 is 5.32 Å². The molecule has 1 aromatic heterocycles. The van der Waals surface area contributed by atoms with Crippen molar-refractivity contribution in [2.24, 2.45) is 0 Å². The number of halogens is 2. The van der Waals surface area contributed by atoms with E-state index in [9.17, 15) is 0 Å². The Morgan fingerprint density at radius 1 is 1.19 bits per heavy atom. The maximum Gasteiger partial charge on any atom is 0.209 e. The number of rotatable bonds is 4. The number of para-hydroxylation sites is 2. The molecule has 0 spiro atoms. The summed E-state index contributed by atoms with van der Waals surface area (Å²) in [6.45, 7) is 2.58. The third-order valence-corrected chi connectivity index (χ3v) is 3.89. The zero-order valence-corrected chi connectivity index (χ0v) is 12.9. The topological polar surface area (TPSA) is 38.1 Å². The van der Waals surface area contributed by atoms with Gasteiger partial charge in [-0.2, -0.15) is 0 Å². The number of hydrogen-bond acceptors (Lipinski definition) is 3. The van der Waals surface area contributed by atoms with E-state index in [-0.39, 0.29) is 6.04 Å². The molecule has 108 valence electrons. The highest BCUT2D eigenvalue weighted by atomic mass is 35.5. The largest absolute Gasteiger partial charge is 0.439 e. The van der Waals surface area contributed by atoms with Crippen LogP contribution >= 0.6 is 23.2 Å². The average Bonchev–Trinajstić information content (AvgIpc) is 2.87. The Kier molecular flexibility index (Phi) is 4.15. The third kappa shape index (κ3) is 3.21. The quantitative estimate of drug-likeness (QED) is 0.736. The summed E-state index contributed by atoms with van der Waals surface area (Å²) in [5.41, 5.74) is 2.66. The van der Waals surface area contributed by atoms with E-state index >= 15 is 0 Å². The van der Waals surface area contributed by atoms with Crippen molar-refractivity contribution in [1.82, 2.24) is 10.3 Å². The molecule has 0 unspecified atom stereocenters. The first-order valence-electron chi connectivity index (χ1n) is 6.66. The van der Waals surface area contributed by atoms with Crippen LogP contribution in [-0.2, 0) is 6.54 Å². The lowest BCUT2D eigenvalue weighted by Crippen LogP contribution is -2.18. The smallest absolute Gasteiger partial charge is 0.209 e. The minimum absolute atomic E-state index is 0.0739. The van der Waals surface area contributed by atoms with Crippen LogP contribution in [0.15, 0.2) is 46.9 Å². The Hall–Kier alpha value is -1.55. The fourth-order valence-electron chi connectivity index (χ4n) is 2.20. The second-order valence-corrected chi connectivity index (χ2v) is 5.69. The Balaban J connectivity index is 1.71. The van der Waals surface area contributed by atoms with Crippen LogP contribution in [0.3, 0.4) is 0 Å². The molecule has 0 amide bonds. The number of fused-ring (bicyclic) bond motifs is 1. The first kappa shape index (κ1) is 14.4. The van der Waals surface area contributed by atoms with Crippen molar-refractivity contribution in [3.8, 4) is 0 Å². The number of hydrogen-bond donors (Lipinski definition) is 1. The van der Waals surface area contributed by atoms with Crippen LogP contribution in [0.4, 0.5) is 0 Å². The van der Waals surface area contributed by atoms with Gasteiger partial charge in [0.05, 0.1) is 6.54 Å². The van der Waals surface area contributed by atoms with Crippen LogP contribution in [-0.4, -0.2) is 4.98 Å². The molecule has 0 aliphatic rings. The fraction of sp³-hybridized carbons (Fsp3) is 0.188. The van der Waals surface area contributed by atoms with Gasteiger partial charge in [0, 0.05) is 16.1 Å². The van der Waals surface area contributed by atoms with E-state index in [1.54, 1.807) is 6.07 Å². The minimum atomic E-state index is 0.0739. The molecule has 0 aliphatic heterocycles. The van der Waals surface area contributed by atoms with Crippen LogP contribution in [0, 0.1) is 0 Å². The van der Waals surface area contributed by atoms with Gasteiger partial charge in [-0.25, -0.2) is 4.98 Å². The highest BCUT2D eigenvalue weighted by Gasteiger charge is 2.11. The molecular weight excluding hydrogens is 307 g/mol. The van der Waals surface area contributed by atoms with Crippen molar-refractivity contribution in [2.75, 3.05) is 0 Å². The molecule has 0 saturated heterocycles. The van der Waals surface area contributed by atoms with Crippen molar-refractivity contribution in [1.29, 1.82) is 0 Å². The van der Waals surface area contributed by atoms with E-state index in [1.807, 2.05) is 43.3 Å². The summed E-state index contributed by atoms with van der Waals surface area (Å²) in [5, 5.41) is 4.64.